The number of rotatable bonds is 9. The normalized spacial score (nSPS) is 12.0. The lowest BCUT2D eigenvalue weighted by atomic mass is 9.99. The van der Waals surface area contributed by atoms with Gasteiger partial charge in [0.1, 0.15) is 11.6 Å². The smallest absolute Gasteiger partial charge is 0.255 e. The summed E-state index contributed by atoms with van der Waals surface area (Å²) in [7, 11) is 0. The van der Waals surface area contributed by atoms with Crippen molar-refractivity contribution in [1.29, 1.82) is 0 Å². The average Bonchev–Trinajstić information content (AvgIpc) is 2.49. The molecule has 118 valence electrons. The zero-order valence-electron chi connectivity index (χ0n) is 13.2. The van der Waals surface area contributed by atoms with Crippen molar-refractivity contribution in [2.75, 3.05) is 18.4 Å². The molecular weight excluding hydrogens is 269 g/mol. The van der Waals surface area contributed by atoms with Crippen molar-refractivity contribution < 1.29 is 9.18 Å². The largest absolute Gasteiger partial charge is 0.370 e. The Morgan fingerprint density at radius 2 is 2.14 bits per heavy atom. The lowest BCUT2D eigenvalue weighted by Crippen LogP contribution is -2.30. The van der Waals surface area contributed by atoms with E-state index < -0.39 is 5.82 Å². The standard InChI is InChI=1S/C16H26FN3O/c1-4-7-8-12(5-2)10-20-16(21)14-9-13(17)11-19-15(14)18-6-3/h9,11-12H,4-8,10H2,1-3H3,(H,18,19)(H,20,21). The van der Waals surface area contributed by atoms with Gasteiger partial charge in [0.05, 0.1) is 11.8 Å². The fourth-order valence-electron chi connectivity index (χ4n) is 2.20. The van der Waals surface area contributed by atoms with Gasteiger partial charge in [0.25, 0.3) is 5.91 Å². The molecule has 1 rings (SSSR count). The Morgan fingerprint density at radius 1 is 1.38 bits per heavy atom. The molecule has 5 heteroatoms. The van der Waals surface area contributed by atoms with Crippen LogP contribution >= 0.6 is 0 Å². The van der Waals surface area contributed by atoms with Gasteiger partial charge in [-0.3, -0.25) is 4.79 Å². The molecule has 4 nitrogen and oxygen atoms in total. The third-order valence-electron chi connectivity index (χ3n) is 3.54. The lowest BCUT2D eigenvalue weighted by molar-refractivity contribution is 0.0946. The van der Waals surface area contributed by atoms with E-state index in [-0.39, 0.29) is 11.5 Å². The molecule has 0 aliphatic rings. The first-order valence-corrected chi connectivity index (χ1v) is 7.79. The number of hydrogen-bond acceptors (Lipinski definition) is 3. The Balaban J connectivity index is 2.68. The van der Waals surface area contributed by atoms with Crippen molar-refractivity contribution in [3.63, 3.8) is 0 Å². The van der Waals surface area contributed by atoms with E-state index in [2.05, 4.69) is 29.5 Å². The summed E-state index contributed by atoms with van der Waals surface area (Å²) >= 11 is 0. The number of anilines is 1. The number of carbonyl (C=O) groups excluding carboxylic acids is 1. The van der Waals surface area contributed by atoms with Crippen LogP contribution in [0, 0.1) is 11.7 Å². The number of aromatic nitrogens is 1. The summed E-state index contributed by atoms with van der Waals surface area (Å²) in [5.41, 5.74) is 0.266. The van der Waals surface area contributed by atoms with Gasteiger partial charge >= 0.3 is 0 Å². The Bertz CT molecular complexity index is 451. The number of amides is 1. The van der Waals surface area contributed by atoms with Crippen LogP contribution in [0.15, 0.2) is 12.3 Å². The summed E-state index contributed by atoms with van der Waals surface area (Å²) in [4.78, 5) is 16.2. The second kappa shape index (κ2) is 9.32. The molecule has 1 aromatic heterocycles. The van der Waals surface area contributed by atoms with Gasteiger partial charge in [0, 0.05) is 13.1 Å². The summed E-state index contributed by atoms with van der Waals surface area (Å²) < 4.78 is 13.3. The maximum Gasteiger partial charge on any atom is 0.255 e. The second-order valence-corrected chi connectivity index (χ2v) is 5.21. The van der Waals surface area contributed by atoms with Gasteiger partial charge in [-0.05, 0) is 25.3 Å². The van der Waals surface area contributed by atoms with Crippen molar-refractivity contribution >= 4 is 11.7 Å². The number of pyridine rings is 1. The van der Waals surface area contributed by atoms with Gasteiger partial charge in [-0.25, -0.2) is 9.37 Å². The maximum atomic E-state index is 13.3. The molecule has 0 radical (unpaired) electrons. The number of nitrogens with one attached hydrogen (secondary N) is 2. The van der Waals surface area contributed by atoms with Crippen LogP contribution < -0.4 is 10.6 Å². The molecule has 1 aromatic rings. The predicted molar refractivity (Wildman–Crippen MR) is 84.0 cm³/mol. The number of hydrogen-bond donors (Lipinski definition) is 2. The van der Waals surface area contributed by atoms with E-state index in [1.807, 2.05) is 6.92 Å². The Labute approximate surface area is 126 Å². The van der Waals surface area contributed by atoms with Gasteiger partial charge in [0.15, 0.2) is 0 Å². The van der Waals surface area contributed by atoms with E-state index in [0.29, 0.717) is 24.8 Å². The molecule has 1 unspecified atom stereocenters. The highest BCUT2D eigenvalue weighted by atomic mass is 19.1. The van der Waals surface area contributed by atoms with Gasteiger partial charge < -0.3 is 10.6 Å². The molecule has 21 heavy (non-hydrogen) atoms. The number of unbranched alkanes of at least 4 members (excludes halogenated alkanes) is 1. The van der Waals surface area contributed by atoms with E-state index in [4.69, 9.17) is 0 Å². The Kier molecular flexibility index (Phi) is 7.72. The van der Waals surface area contributed by atoms with Crippen LogP contribution in [0.5, 0.6) is 0 Å². The fourth-order valence-corrected chi connectivity index (χ4v) is 2.20. The summed E-state index contributed by atoms with van der Waals surface area (Å²) in [6.45, 7) is 7.45. The molecule has 2 N–H and O–H groups in total. The van der Waals surface area contributed by atoms with Gasteiger partial charge in [-0.1, -0.05) is 33.1 Å². The van der Waals surface area contributed by atoms with Crippen LogP contribution in [0.3, 0.4) is 0 Å². The van der Waals surface area contributed by atoms with Crippen molar-refractivity contribution in [2.45, 2.75) is 46.5 Å². The monoisotopic (exact) mass is 295 g/mol. The van der Waals surface area contributed by atoms with Crippen LogP contribution in [-0.2, 0) is 0 Å². The van der Waals surface area contributed by atoms with Gasteiger partial charge in [0.2, 0.25) is 0 Å². The molecule has 0 spiro atoms. The maximum absolute atomic E-state index is 13.3. The molecule has 0 aliphatic carbocycles. The minimum Gasteiger partial charge on any atom is -0.370 e. The Morgan fingerprint density at radius 3 is 2.76 bits per heavy atom. The van der Waals surface area contributed by atoms with Crippen molar-refractivity contribution in [3.8, 4) is 0 Å². The van der Waals surface area contributed by atoms with Crippen molar-refractivity contribution in [2.24, 2.45) is 5.92 Å². The minimum atomic E-state index is -0.500. The van der Waals surface area contributed by atoms with Gasteiger partial charge in [-0.2, -0.15) is 0 Å². The lowest BCUT2D eigenvalue weighted by Gasteiger charge is -2.16. The first-order valence-electron chi connectivity index (χ1n) is 7.79. The Hall–Kier alpha value is -1.65. The van der Waals surface area contributed by atoms with E-state index in [1.54, 1.807) is 0 Å². The molecule has 0 aromatic carbocycles. The minimum absolute atomic E-state index is 0.266. The molecule has 0 saturated carbocycles. The van der Waals surface area contributed by atoms with Crippen LogP contribution in [0.2, 0.25) is 0 Å². The second-order valence-electron chi connectivity index (χ2n) is 5.21. The summed E-state index contributed by atoms with van der Waals surface area (Å²) in [5.74, 6) is 0.128. The first kappa shape index (κ1) is 17.4. The van der Waals surface area contributed by atoms with Crippen molar-refractivity contribution in [1.82, 2.24) is 10.3 Å². The van der Waals surface area contributed by atoms with E-state index >= 15 is 0 Å². The highest BCUT2D eigenvalue weighted by molar-refractivity contribution is 5.98. The van der Waals surface area contributed by atoms with Crippen LogP contribution in [-0.4, -0.2) is 24.0 Å². The third kappa shape index (κ3) is 5.69. The number of halogens is 1. The van der Waals surface area contributed by atoms with Crippen LogP contribution in [0.1, 0.15) is 56.8 Å². The average molecular weight is 295 g/mol. The molecule has 0 saturated heterocycles. The van der Waals surface area contributed by atoms with Crippen molar-refractivity contribution in [3.05, 3.63) is 23.6 Å². The topological polar surface area (TPSA) is 54.0 Å². The number of nitrogens with zero attached hydrogens (tertiary/aromatic N) is 1. The van der Waals surface area contributed by atoms with Crippen LogP contribution in [0.4, 0.5) is 10.2 Å². The van der Waals surface area contributed by atoms with E-state index in [9.17, 15) is 9.18 Å². The van der Waals surface area contributed by atoms with Crippen LogP contribution in [0.25, 0.3) is 0 Å². The van der Waals surface area contributed by atoms with Gasteiger partial charge in [-0.15, -0.1) is 0 Å². The molecule has 0 bridgehead atoms. The highest BCUT2D eigenvalue weighted by Crippen LogP contribution is 2.15. The first-order chi connectivity index (χ1) is 10.1. The van der Waals surface area contributed by atoms with E-state index in [1.165, 1.54) is 12.5 Å². The zero-order valence-corrected chi connectivity index (χ0v) is 13.2. The quantitative estimate of drug-likeness (QED) is 0.732. The number of carbonyl (C=O) groups is 1. The zero-order chi connectivity index (χ0) is 15.7. The fraction of sp³-hybridized carbons (Fsp3) is 0.625. The summed E-state index contributed by atoms with van der Waals surface area (Å²) in [6.07, 6.45) is 5.57. The molecule has 1 heterocycles. The highest BCUT2D eigenvalue weighted by Gasteiger charge is 2.15. The molecule has 0 aliphatic heterocycles. The molecule has 1 atom stereocenters. The summed E-state index contributed by atoms with van der Waals surface area (Å²) in [5, 5.41) is 5.88. The molecule has 0 fully saturated rings. The predicted octanol–water partition coefficient (Wildman–Crippen LogP) is 3.60. The summed E-state index contributed by atoms with van der Waals surface area (Å²) in [6, 6.07) is 1.23. The molecular formula is C16H26FN3O. The third-order valence-corrected chi connectivity index (χ3v) is 3.54. The molecule has 1 amide bonds. The SMILES string of the molecule is CCCCC(CC)CNC(=O)c1cc(F)cnc1NCC. The van der Waals surface area contributed by atoms with E-state index in [0.717, 1.165) is 25.5 Å².